The van der Waals surface area contributed by atoms with Crippen molar-refractivity contribution in [3.63, 3.8) is 0 Å². The third kappa shape index (κ3) is 1.83. The van der Waals surface area contributed by atoms with Gasteiger partial charge < -0.3 is 15.6 Å². The minimum atomic E-state index is 0.822. The van der Waals surface area contributed by atoms with Crippen LogP contribution in [0.4, 0.5) is 5.69 Å². The number of nitrogens with one attached hydrogen (secondary N) is 1. The van der Waals surface area contributed by atoms with Gasteiger partial charge in [-0.3, -0.25) is 0 Å². The van der Waals surface area contributed by atoms with Crippen molar-refractivity contribution in [1.82, 2.24) is 9.88 Å². The van der Waals surface area contributed by atoms with Crippen molar-refractivity contribution in [3.8, 4) is 0 Å². The fourth-order valence-corrected chi connectivity index (χ4v) is 1.85. The Kier molecular flexibility index (Phi) is 2.64. The number of fused-ring (bicyclic) bond motifs is 1. The average molecular weight is 203 g/mol. The number of nitrogen functional groups attached to an aromatic ring is 1. The molecular weight excluding hydrogens is 186 g/mol. The van der Waals surface area contributed by atoms with Gasteiger partial charge in [-0.1, -0.05) is 6.92 Å². The van der Waals surface area contributed by atoms with Crippen molar-refractivity contribution in [2.45, 2.75) is 13.5 Å². The molecule has 15 heavy (non-hydrogen) atoms. The summed E-state index contributed by atoms with van der Waals surface area (Å²) in [6, 6.07) is 8.22. The van der Waals surface area contributed by atoms with Crippen LogP contribution in [0.1, 0.15) is 12.6 Å². The maximum Gasteiger partial charge on any atom is 0.0481 e. The molecule has 80 valence electrons. The number of hydrogen-bond acceptors (Lipinski definition) is 2. The number of aryl methyl sites for hydroxylation is 1. The van der Waals surface area contributed by atoms with Crippen molar-refractivity contribution in [2.24, 2.45) is 7.05 Å². The van der Waals surface area contributed by atoms with Gasteiger partial charge >= 0.3 is 0 Å². The molecule has 2 aromatic rings. The van der Waals surface area contributed by atoms with E-state index >= 15 is 0 Å². The smallest absolute Gasteiger partial charge is 0.0481 e. The van der Waals surface area contributed by atoms with E-state index in [1.807, 2.05) is 12.1 Å². The molecule has 0 saturated heterocycles. The molecule has 3 N–H and O–H groups in total. The van der Waals surface area contributed by atoms with Crippen LogP contribution in [0.5, 0.6) is 0 Å². The normalized spacial score (nSPS) is 11.1. The van der Waals surface area contributed by atoms with Gasteiger partial charge in [-0.05, 0) is 30.8 Å². The van der Waals surface area contributed by atoms with Crippen LogP contribution < -0.4 is 11.1 Å². The molecule has 0 amide bonds. The van der Waals surface area contributed by atoms with E-state index in [2.05, 4.69) is 36.0 Å². The first-order valence-corrected chi connectivity index (χ1v) is 5.27. The fourth-order valence-electron chi connectivity index (χ4n) is 1.85. The quantitative estimate of drug-likeness (QED) is 0.748. The summed E-state index contributed by atoms with van der Waals surface area (Å²) in [5, 5.41) is 4.54. The summed E-state index contributed by atoms with van der Waals surface area (Å²) >= 11 is 0. The monoisotopic (exact) mass is 203 g/mol. The van der Waals surface area contributed by atoms with E-state index in [-0.39, 0.29) is 0 Å². The standard InChI is InChI=1S/C12H17N3/c1-3-14-8-11-7-9-6-10(13)4-5-12(9)15(11)2/h4-7,14H,3,8,13H2,1-2H3. The fraction of sp³-hybridized carbons (Fsp3) is 0.333. The van der Waals surface area contributed by atoms with Gasteiger partial charge in [0.1, 0.15) is 0 Å². The molecule has 0 aliphatic rings. The van der Waals surface area contributed by atoms with Crippen LogP contribution in [0.3, 0.4) is 0 Å². The Hall–Kier alpha value is -1.48. The molecule has 3 heteroatoms. The average Bonchev–Trinajstić information content (AvgIpc) is 2.52. The Morgan fingerprint density at radius 2 is 2.13 bits per heavy atom. The molecule has 0 atom stereocenters. The number of anilines is 1. The Bertz CT molecular complexity index is 471. The molecule has 1 aromatic carbocycles. The zero-order valence-electron chi connectivity index (χ0n) is 9.25. The second kappa shape index (κ2) is 3.95. The first-order chi connectivity index (χ1) is 7.22. The van der Waals surface area contributed by atoms with Gasteiger partial charge in [-0.2, -0.15) is 0 Å². The van der Waals surface area contributed by atoms with Crippen LogP contribution in [0.15, 0.2) is 24.3 Å². The molecule has 0 spiro atoms. The Morgan fingerprint density at radius 3 is 2.87 bits per heavy atom. The van der Waals surface area contributed by atoms with Crippen LogP contribution in [-0.2, 0) is 13.6 Å². The molecule has 0 aliphatic carbocycles. The van der Waals surface area contributed by atoms with Gasteiger partial charge in [0.15, 0.2) is 0 Å². The number of nitrogens with two attached hydrogens (primary N) is 1. The third-order valence-corrected chi connectivity index (χ3v) is 2.72. The van der Waals surface area contributed by atoms with E-state index in [0.717, 1.165) is 18.8 Å². The second-order valence-corrected chi connectivity index (χ2v) is 3.79. The molecule has 0 aliphatic heterocycles. The first-order valence-electron chi connectivity index (χ1n) is 5.27. The summed E-state index contributed by atoms with van der Waals surface area (Å²) in [5.74, 6) is 0. The SMILES string of the molecule is CCNCc1cc2cc(N)ccc2n1C. The summed E-state index contributed by atoms with van der Waals surface area (Å²) < 4.78 is 2.21. The maximum atomic E-state index is 5.76. The van der Waals surface area contributed by atoms with Crippen molar-refractivity contribution in [2.75, 3.05) is 12.3 Å². The lowest BCUT2D eigenvalue weighted by Crippen LogP contribution is -2.14. The number of hydrogen-bond donors (Lipinski definition) is 2. The molecule has 3 nitrogen and oxygen atoms in total. The van der Waals surface area contributed by atoms with Gasteiger partial charge in [0, 0.05) is 35.9 Å². The van der Waals surface area contributed by atoms with E-state index in [9.17, 15) is 0 Å². The van der Waals surface area contributed by atoms with Crippen molar-refractivity contribution >= 4 is 16.6 Å². The molecule has 0 radical (unpaired) electrons. The van der Waals surface area contributed by atoms with Crippen LogP contribution in [-0.4, -0.2) is 11.1 Å². The molecule has 0 fully saturated rings. The largest absolute Gasteiger partial charge is 0.399 e. The Labute approximate surface area is 89.9 Å². The van der Waals surface area contributed by atoms with Gasteiger partial charge in [0.25, 0.3) is 0 Å². The van der Waals surface area contributed by atoms with E-state index in [0.29, 0.717) is 0 Å². The minimum Gasteiger partial charge on any atom is -0.399 e. The lowest BCUT2D eigenvalue weighted by atomic mass is 10.2. The molecule has 0 saturated carbocycles. The number of benzene rings is 1. The van der Waals surface area contributed by atoms with E-state index in [4.69, 9.17) is 5.73 Å². The molecule has 1 aromatic heterocycles. The third-order valence-electron chi connectivity index (χ3n) is 2.72. The molecule has 2 rings (SSSR count). The summed E-state index contributed by atoms with van der Waals surface area (Å²) in [7, 11) is 2.09. The summed E-state index contributed by atoms with van der Waals surface area (Å²) in [6.45, 7) is 4.01. The highest BCUT2D eigenvalue weighted by atomic mass is 15.0. The lowest BCUT2D eigenvalue weighted by Gasteiger charge is -2.04. The van der Waals surface area contributed by atoms with Gasteiger partial charge in [0.05, 0.1) is 0 Å². The minimum absolute atomic E-state index is 0.822. The summed E-state index contributed by atoms with van der Waals surface area (Å²) in [4.78, 5) is 0. The number of nitrogens with zero attached hydrogens (tertiary/aromatic N) is 1. The molecule has 0 bridgehead atoms. The zero-order chi connectivity index (χ0) is 10.8. The van der Waals surface area contributed by atoms with Gasteiger partial charge in [-0.25, -0.2) is 0 Å². The van der Waals surface area contributed by atoms with E-state index in [1.54, 1.807) is 0 Å². The predicted octanol–water partition coefficient (Wildman–Crippen LogP) is 1.87. The van der Waals surface area contributed by atoms with Gasteiger partial charge in [0.2, 0.25) is 0 Å². The predicted molar refractivity (Wildman–Crippen MR) is 64.7 cm³/mol. The summed E-state index contributed by atoms with van der Waals surface area (Å²) in [6.07, 6.45) is 0. The van der Waals surface area contributed by atoms with Crippen LogP contribution in [0, 0.1) is 0 Å². The second-order valence-electron chi connectivity index (χ2n) is 3.79. The van der Waals surface area contributed by atoms with Crippen molar-refractivity contribution in [3.05, 3.63) is 30.0 Å². The zero-order valence-corrected chi connectivity index (χ0v) is 9.25. The van der Waals surface area contributed by atoms with Crippen molar-refractivity contribution < 1.29 is 0 Å². The van der Waals surface area contributed by atoms with Gasteiger partial charge in [-0.15, -0.1) is 0 Å². The summed E-state index contributed by atoms with van der Waals surface area (Å²) in [5.41, 5.74) is 9.10. The maximum absolute atomic E-state index is 5.76. The van der Waals surface area contributed by atoms with E-state index in [1.165, 1.54) is 16.6 Å². The highest BCUT2D eigenvalue weighted by Crippen LogP contribution is 2.21. The Morgan fingerprint density at radius 1 is 1.33 bits per heavy atom. The lowest BCUT2D eigenvalue weighted by molar-refractivity contribution is 0.686. The van der Waals surface area contributed by atoms with Crippen LogP contribution >= 0.6 is 0 Å². The van der Waals surface area contributed by atoms with E-state index < -0.39 is 0 Å². The number of aromatic nitrogens is 1. The van der Waals surface area contributed by atoms with Crippen LogP contribution in [0.2, 0.25) is 0 Å². The first kappa shape index (κ1) is 10.1. The molecular formula is C12H17N3. The molecule has 1 heterocycles. The highest BCUT2D eigenvalue weighted by Gasteiger charge is 2.04. The van der Waals surface area contributed by atoms with Crippen LogP contribution in [0.25, 0.3) is 10.9 Å². The molecule has 0 unspecified atom stereocenters. The highest BCUT2D eigenvalue weighted by molar-refractivity contribution is 5.84. The number of rotatable bonds is 3. The topological polar surface area (TPSA) is 43.0 Å². The Balaban J connectivity index is 2.44. The van der Waals surface area contributed by atoms with Crippen molar-refractivity contribution in [1.29, 1.82) is 0 Å².